The summed E-state index contributed by atoms with van der Waals surface area (Å²) in [5.74, 6) is 0.445. The number of amides is 2. The van der Waals surface area contributed by atoms with Gasteiger partial charge in [0.15, 0.2) is 0 Å². The van der Waals surface area contributed by atoms with Gasteiger partial charge in [-0.15, -0.1) is 0 Å². The maximum atomic E-state index is 12.0. The van der Waals surface area contributed by atoms with Gasteiger partial charge in [0.1, 0.15) is 0 Å². The molecular formula is C17H26N4O2S. The van der Waals surface area contributed by atoms with Crippen LogP contribution in [0.3, 0.4) is 0 Å². The molecule has 0 spiro atoms. The Balaban J connectivity index is 1.75. The number of thioether (sulfide) groups is 1. The van der Waals surface area contributed by atoms with Crippen LogP contribution >= 0.6 is 11.8 Å². The van der Waals surface area contributed by atoms with Gasteiger partial charge in [0.05, 0.1) is 0 Å². The number of nitrogens with two attached hydrogens (primary N) is 2. The summed E-state index contributed by atoms with van der Waals surface area (Å²) in [5.41, 5.74) is 12.9. The number of carbonyl (C=O) groups is 2. The SMILES string of the molecule is NCCNC(=O)c1ccc(CSC(=O)N[C@H]2CCC[C@H](N)C2)cc1. The average Bonchev–Trinajstić information content (AvgIpc) is 2.58. The Bertz CT molecular complexity index is 550. The van der Waals surface area contributed by atoms with Crippen LogP contribution in [0.2, 0.25) is 0 Å². The van der Waals surface area contributed by atoms with Crippen LogP contribution in [0.15, 0.2) is 24.3 Å². The fraction of sp³-hybridized carbons (Fsp3) is 0.529. The minimum atomic E-state index is -0.133. The van der Waals surface area contributed by atoms with E-state index in [1.807, 2.05) is 12.1 Å². The van der Waals surface area contributed by atoms with Crippen LogP contribution < -0.4 is 22.1 Å². The van der Waals surface area contributed by atoms with Gasteiger partial charge in [-0.25, -0.2) is 0 Å². The molecule has 1 aromatic carbocycles. The van der Waals surface area contributed by atoms with Crippen molar-refractivity contribution in [2.75, 3.05) is 13.1 Å². The van der Waals surface area contributed by atoms with Crippen molar-refractivity contribution in [2.45, 2.75) is 43.5 Å². The van der Waals surface area contributed by atoms with Crippen LogP contribution in [0.25, 0.3) is 0 Å². The Morgan fingerprint density at radius 3 is 2.62 bits per heavy atom. The summed E-state index contributed by atoms with van der Waals surface area (Å²) in [6.45, 7) is 0.878. The molecule has 7 heteroatoms. The Hall–Kier alpha value is -1.57. The summed E-state index contributed by atoms with van der Waals surface area (Å²) < 4.78 is 0. The van der Waals surface area contributed by atoms with Gasteiger partial charge >= 0.3 is 0 Å². The maximum Gasteiger partial charge on any atom is 0.279 e. The molecule has 0 bridgehead atoms. The van der Waals surface area contributed by atoms with Crippen LogP contribution in [0.4, 0.5) is 4.79 Å². The lowest BCUT2D eigenvalue weighted by Crippen LogP contribution is -2.40. The summed E-state index contributed by atoms with van der Waals surface area (Å²) >= 11 is 1.24. The van der Waals surface area contributed by atoms with E-state index in [4.69, 9.17) is 11.5 Å². The van der Waals surface area contributed by atoms with Crippen LogP contribution in [-0.4, -0.2) is 36.3 Å². The zero-order valence-electron chi connectivity index (χ0n) is 13.8. The molecule has 2 atom stereocenters. The molecule has 0 aromatic heterocycles. The van der Waals surface area contributed by atoms with E-state index in [1.54, 1.807) is 12.1 Å². The number of benzene rings is 1. The lowest BCUT2D eigenvalue weighted by molar-refractivity contribution is 0.0954. The summed E-state index contributed by atoms with van der Waals surface area (Å²) in [5, 5.41) is 5.75. The molecule has 1 aromatic rings. The molecule has 1 saturated carbocycles. The molecule has 6 nitrogen and oxygen atoms in total. The Kier molecular flexibility index (Phi) is 7.55. The molecule has 6 N–H and O–H groups in total. The van der Waals surface area contributed by atoms with Gasteiger partial charge in [-0.1, -0.05) is 23.9 Å². The summed E-state index contributed by atoms with van der Waals surface area (Å²) in [6, 6.07) is 7.66. The second-order valence-electron chi connectivity index (χ2n) is 6.09. The minimum absolute atomic E-state index is 0.0149. The maximum absolute atomic E-state index is 12.0. The molecule has 1 aliphatic carbocycles. The molecule has 0 aliphatic heterocycles. The smallest absolute Gasteiger partial charge is 0.279 e. The van der Waals surface area contributed by atoms with E-state index in [1.165, 1.54) is 11.8 Å². The highest BCUT2D eigenvalue weighted by molar-refractivity contribution is 8.12. The normalized spacial score (nSPS) is 20.4. The van der Waals surface area contributed by atoms with Gasteiger partial charge in [-0.05, 0) is 43.4 Å². The van der Waals surface area contributed by atoms with Gasteiger partial charge in [-0.2, -0.15) is 0 Å². The number of nitrogens with one attached hydrogen (secondary N) is 2. The van der Waals surface area contributed by atoms with Crippen molar-refractivity contribution in [3.05, 3.63) is 35.4 Å². The standard InChI is InChI=1S/C17H26N4O2S/c18-8-9-20-16(22)13-6-4-12(5-7-13)11-24-17(23)21-15-3-1-2-14(19)10-15/h4-7,14-15H,1-3,8-11,18-19H2,(H,20,22)(H,21,23)/t14-,15-/m0/s1. The number of hydrogen-bond acceptors (Lipinski definition) is 5. The molecule has 1 fully saturated rings. The van der Waals surface area contributed by atoms with E-state index in [2.05, 4.69) is 10.6 Å². The van der Waals surface area contributed by atoms with Crippen molar-refractivity contribution >= 4 is 22.9 Å². The summed E-state index contributed by atoms with van der Waals surface area (Å²) in [6.07, 6.45) is 3.99. The highest BCUT2D eigenvalue weighted by Crippen LogP contribution is 2.19. The fourth-order valence-electron chi connectivity index (χ4n) is 2.76. The van der Waals surface area contributed by atoms with Crippen molar-refractivity contribution in [1.29, 1.82) is 0 Å². The lowest BCUT2D eigenvalue weighted by atomic mass is 9.92. The van der Waals surface area contributed by atoms with E-state index < -0.39 is 0 Å². The number of hydrogen-bond donors (Lipinski definition) is 4. The molecule has 0 unspecified atom stereocenters. The van der Waals surface area contributed by atoms with Gasteiger partial charge in [-0.3, -0.25) is 9.59 Å². The molecule has 132 valence electrons. The Labute approximate surface area is 147 Å². The van der Waals surface area contributed by atoms with Gasteiger partial charge < -0.3 is 22.1 Å². The topological polar surface area (TPSA) is 110 Å². The zero-order chi connectivity index (χ0) is 17.4. The third-order valence-electron chi connectivity index (χ3n) is 4.05. The van der Waals surface area contributed by atoms with E-state index >= 15 is 0 Å². The second-order valence-corrected chi connectivity index (χ2v) is 7.03. The highest BCUT2D eigenvalue weighted by Gasteiger charge is 2.20. The van der Waals surface area contributed by atoms with Crippen LogP contribution in [0.5, 0.6) is 0 Å². The summed E-state index contributed by atoms with van der Waals surface area (Å²) in [4.78, 5) is 23.8. The third kappa shape index (κ3) is 6.14. The van der Waals surface area contributed by atoms with E-state index in [-0.39, 0.29) is 23.2 Å². The molecule has 0 heterocycles. The molecule has 24 heavy (non-hydrogen) atoms. The van der Waals surface area contributed by atoms with Crippen molar-refractivity contribution in [3.63, 3.8) is 0 Å². The fourth-order valence-corrected chi connectivity index (χ4v) is 3.50. The summed E-state index contributed by atoms with van der Waals surface area (Å²) in [7, 11) is 0. The molecule has 0 saturated heterocycles. The lowest BCUT2D eigenvalue weighted by Gasteiger charge is -2.27. The van der Waals surface area contributed by atoms with Crippen molar-refractivity contribution < 1.29 is 9.59 Å². The van der Waals surface area contributed by atoms with E-state index in [9.17, 15) is 9.59 Å². The first-order valence-electron chi connectivity index (χ1n) is 8.34. The first kappa shape index (κ1) is 18.8. The van der Waals surface area contributed by atoms with E-state index in [0.29, 0.717) is 24.4 Å². The quantitative estimate of drug-likeness (QED) is 0.623. The Morgan fingerprint density at radius 1 is 1.21 bits per heavy atom. The molecular weight excluding hydrogens is 324 g/mol. The molecule has 0 radical (unpaired) electrons. The average molecular weight is 350 g/mol. The van der Waals surface area contributed by atoms with Crippen LogP contribution in [0.1, 0.15) is 41.6 Å². The second kappa shape index (κ2) is 9.66. The van der Waals surface area contributed by atoms with Crippen molar-refractivity contribution in [1.82, 2.24) is 10.6 Å². The largest absolute Gasteiger partial charge is 0.351 e. The zero-order valence-corrected chi connectivity index (χ0v) is 14.6. The monoisotopic (exact) mass is 350 g/mol. The first-order valence-corrected chi connectivity index (χ1v) is 9.33. The predicted octanol–water partition coefficient (Wildman–Crippen LogP) is 1.59. The van der Waals surface area contributed by atoms with Gasteiger partial charge in [0.25, 0.3) is 11.1 Å². The Morgan fingerprint density at radius 2 is 1.96 bits per heavy atom. The number of carbonyl (C=O) groups excluding carboxylic acids is 2. The van der Waals surface area contributed by atoms with Gasteiger partial charge in [0.2, 0.25) is 0 Å². The van der Waals surface area contributed by atoms with Gasteiger partial charge in [0, 0.05) is 36.5 Å². The molecule has 2 amide bonds. The van der Waals surface area contributed by atoms with E-state index in [0.717, 1.165) is 31.2 Å². The van der Waals surface area contributed by atoms with Crippen LogP contribution in [-0.2, 0) is 5.75 Å². The first-order chi connectivity index (χ1) is 11.6. The molecule has 1 aliphatic rings. The highest BCUT2D eigenvalue weighted by atomic mass is 32.2. The predicted molar refractivity (Wildman–Crippen MR) is 97.9 cm³/mol. The third-order valence-corrected chi connectivity index (χ3v) is 4.91. The van der Waals surface area contributed by atoms with Crippen LogP contribution in [0, 0.1) is 0 Å². The van der Waals surface area contributed by atoms with Crippen molar-refractivity contribution in [2.24, 2.45) is 11.5 Å². The molecule has 2 rings (SSSR count). The minimum Gasteiger partial charge on any atom is -0.351 e. The number of rotatable bonds is 6. The van der Waals surface area contributed by atoms with Crippen molar-refractivity contribution in [3.8, 4) is 0 Å².